The van der Waals surface area contributed by atoms with Crippen molar-refractivity contribution in [3.63, 3.8) is 0 Å². The van der Waals surface area contributed by atoms with Crippen molar-refractivity contribution < 1.29 is 4.42 Å². The molecule has 0 N–H and O–H groups in total. The minimum atomic E-state index is 0.629. The van der Waals surface area contributed by atoms with E-state index in [9.17, 15) is 0 Å². The maximum atomic E-state index is 6.49. The summed E-state index contributed by atoms with van der Waals surface area (Å²) >= 11 is 0. The standard InChI is InChI=1S/C55H40N4O/c1-2-3-15-36-26-28-39(29-27-36)54-56-53(38-18-8-5-9-19-38)57-55(58-54)41-31-33-49(46(35-41)37-16-6-4-7-17-37)59-48-24-12-10-20-43(48)47-34-40(30-32-50(47)59)42-22-14-23-45-44-21-11-13-25-51(44)60-52(42)45/h4-14,16-35H,2-3,15H2,1H3. The predicted octanol–water partition coefficient (Wildman–Crippen LogP) is 14.5. The SMILES string of the molecule is CCCCc1ccc(-c2nc(-c3ccccc3)nc(-c3ccc(-n4c5ccccc5c5cc(-c6cccc7c6oc6ccccc67)ccc54)c(-c4ccccc4)c3)n2)cc1. The molecule has 0 aliphatic heterocycles. The van der Waals surface area contributed by atoms with Crippen molar-refractivity contribution >= 4 is 43.7 Å². The van der Waals surface area contributed by atoms with Crippen LogP contribution < -0.4 is 0 Å². The molecule has 0 saturated heterocycles. The van der Waals surface area contributed by atoms with Crippen molar-refractivity contribution in [2.24, 2.45) is 0 Å². The Morgan fingerprint density at radius 2 is 1.03 bits per heavy atom. The third kappa shape index (κ3) is 6.23. The molecule has 0 aliphatic carbocycles. The van der Waals surface area contributed by atoms with Gasteiger partial charge in [-0.25, -0.2) is 15.0 Å². The molecule has 0 saturated carbocycles. The van der Waals surface area contributed by atoms with Crippen molar-refractivity contribution in [2.45, 2.75) is 26.2 Å². The summed E-state index contributed by atoms with van der Waals surface area (Å²) in [6.45, 7) is 2.23. The topological polar surface area (TPSA) is 56.7 Å². The lowest BCUT2D eigenvalue weighted by Crippen LogP contribution is -2.02. The van der Waals surface area contributed by atoms with Crippen molar-refractivity contribution in [1.82, 2.24) is 19.5 Å². The summed E-state index contributed by atoms with van der Waals surface area (Å²) in [7, 11) is 0. The molecule has 5 nitrogen and oxygen atoms in total. The molecule has 11 aromatic rings. The first-order valence-electron chi connectivity index (χ1n) is 20.7. The molecule has 0 unspecified atom stereocenters. The van der Waals surface area contributed by atoms with Crippen molar-refractivity contribution in [3.05, 3.63) is 194 Å². The van der Waals surface area contributed by atoms with Crippen molar-refractivity contribution in [3.8, 4) is 62.1 Å². The van der Waals surface area contributed by atoms with E-state index in [0.717, 1.165) is 84.0 Å². The van der Waals surface area contributed by atoms with Crippen LogP contribution in [0.2, 0.25) is 0 Å². The van der Waals surface area contributed by atoms with Crippen molar-refractivity contribution in [1.29, 1.82) is 0 Å². The van der Waals surface area contributed by atoms with E-state index in [1.165, 1.54) is 29.2 Å². The zero-order valence-corrected chi connectivity index (χ0v) is 33.2. The zero-order valence-electron chi connectivity index (χ0n) is 33.2. The number of para-hydroxylation sites is 3. The first-order chi connectivity index (χ1) is 29.7. The average Bonchev–Trinajstić information content (AvgIpc) is 3.87. The van der Waals surface area contributed by atoms with Gasteiger partial charge >= 0.3 is 0 Å². The first-order valence-corrected chi connectivity index (χ1v) is 20.7. The van der Waals surface area contributed by atoms with Gasteiger partial charge in [-0.05, 0) is 72.0 Å². The molecule has 3 heterocycles. The highest BCUT2D eigenvalue weighted by Crippen LogP contribution is 2.41. The minimum absolute atomic E-state index is 0.629. The fraction of sp³-hybridized carbons (Fsp3) is 0.0727. The number of hydrogen-bond donors (Lipinski definition) is 0. The first kappa shape index (κ1) is 35.5. The number of aryl methyl sites for hydroxylation is 1. The highest BCUT2D eigenvalue weighted by molar-refractivity contribution is 6.13. The highest BCUT2D eigenvalue weighted by Gasteiger charge is 2.20. The molecule has 5 heteroatoms. The minimum Gasteiger partial charge on any atom is -0.455 e. The molecular weight excluding hydrogens is 733 g/mol. The summed E-state index contributed by atoms with van der Waals surface area (Å²) in [4.78, 5) is 15.3. The van der Waals surface area contributed by atoms with E-state index in [1.54, 1.807) is 0 Å². The van der Waals surface area contributed by atoms with Crippen molar-refractivity contribution in [2.75, 3.05) is 0 Å². The molecule has 0 fully saturated rings. The molecule has 0 atom stereocenters. The highest BCUT2D eigenvalue weighted by atomic mass is 16.3. The molecule has 60 heavy (non-hydrogen) atoms. The summed E-state index contributed by atoms with van der Waals surface area (Å²) in [5, 5.41) is 4.61. The lowest BCUT2D eigenvalue weighted by molar-refractivity contribution is 0.670. The molecule has 11 rings (SSSR count). The number of unbranched alkanes of at least 4 members (excludes halogenated alkanes) is 1. The van der Waals surface area contributed by atoms with Gasteiger partial charge in [-0.3, -0.25) is 0 Å². The second-order valence-corrected chi connectivity index (χ2v) is 15.4. The number of rotatable bonds is 9. The number of nitrogens with zero attached hydrogens (tertiary/aromatic N) is 4. The molecular formula is C55H40N4O. The second-order valence-electron chi connectivity index (χ2n) is 15.4. The molecule has 0 aliphatic rings. The Kier molecular flexibility index (Phi) is 8.85. The molecule has 0 spiro atoms. The van der Waals surface area contributed by atoms with Crippen LogP contribution in [0.15, 0.2) is 192 Å². The van der Waals surface area contributed by atoms with E-state index >= 15 is 0 Å². The monoisotopic (exact) mass is 772 g/mol. The summed E-state index contributed by atoms with van der Waals surface area (Å²) in [6, 6.07) is 66.3. The van der Waals surface area contributed by atoms with Gasteiger partial charge in [0.15, 0.2) is 17.5 Å². The second kappa shape index (κ2) is 14.9. The number of fused-ring (bicyclic) bond motifs is 6. The maximum Gasteiger partial charge on any atom is 0.164 e. The number of hydrogen-bond acceptors (Lipinski definition) is 4. The van der Waals surface area contributed by atoms with E-state index < -0.39 is 0 Å². The smallest absolute Gasteiger partial charge is 0.164 e. The molecule has 3 aromatic heterocycles. The van der Waals surface area contributed by atoms with Crippen LogP contribution in [-0.2, 0) is 6.42 Å². The Hall–Kier alpha value is -7.63. The molecule has 286 valence electrons. The van der Waals surface area contributed by atoms with Gasteiger partial charge in [0.25, 0.3) is 0 Å². The lowest BCUT2D eigenvalue weighted by Gasteiger charge is -2.16. The zero-order chi connectivity index (χ0) is 40.0. The van der Waals surface area contributed by atoms with Gasteiger partial charge in [-0.1, -0.05) is 159 Å². The van der Waals surface area contributed by atoms with Gasteiger partial charge in [0.05, 0.1) is 16.7 Å². The Bertz CT molecular complexity index is 3350. The van der Waals surface area contributed by atoms with Gasteiger partial charge in [-0.15, -0.1) is 0 Å². The van der Waals surface area contributed by atoms with E-state index in [0.29, 0.717) is 17.5 Å². The fourth-order valence-corrected chi connectivity index (χ4v) is 8.65. The van der Waals surface area contributed by atoms with Gasteiger partial charge in [0, 0.05) is 49.4 Å². The van der Waals surface area contributed by atoms with Crippen LogP contribution in [0.1, 0.15) is 25.3 Å². The predicted molar refractivity (Wildman–Crippen MR) is 247 cm³/mol. The average molecular weight is 773 g/mol. The summed E-state index contributed by atoms with van der Waals surface area (Å²) in [6.07, 6.45) is 3.40. The molecule has 0 bridgehead atoms. The van der Waals surface area contributed by atoms with Crippen LogP contribution in [-0.4, -0.2) is 19.5 Å². The van der Waals surface area contributed by atoms with E-state index in [1.807, 2.05) is 30.3 Å². The van der Waals surface area contributed by atoms with Gasteiger partial charge in [0.2, 0.25) is 0 Å². The Morgan fingerprint density at radius 1 is 0.433 bits per heavy atom. The molecule has 0 amide bonds. The lowest BCUT2D eigenvalue weighted by atomic mass is 9.99. The number of aromatic nitrogens is 4. The third-order valence-electron chi connectivity index (χ3n) is 11.7. The van der Waals surface area contributed by atoms with Crippen LogP contribution in [0.25, 0.3) is 106 Å². The van der Waals surface area contributed by atoms with E-state index in [-0.39, 0.29) is 0 Å². The van der Waals surface area contributed by atoms with Crippen LogP contribution in [0.4, 0.5) is 0 Å². The Morgan fingerprint density at radius 3 is 1.80 bits per heavy atom. The maximum absolute atomic E-state index is 6.49. The number of benzene rings is 8. The van der Waals surface area contributed by atoms with Gasteiger partial charge in [0.1, 0.15) is 11.2 Å². The Balaban J connectivity index is 1.08. The van der Waals surface area contributed by atoms with Crippen LogP contribution in [0, 0.1) is 0 Å². The Labute approximate surface area is 348 Å². The van der Waals surface area contributed by atoms with Gasteiger partial charge < -0.3 is 8.98 Å². The summed E-state index contributed by atoms with van der Waals surface area (Å²) in [5.41, 5.74) is 13.7. The number of furan rings is 1. The summed E-state index contributed by atoms with van der Waals surface area (Å²) < 4.78 is 8.89. The fourth-order valence-electron chi connectivity index (χ4n) is 8.65. The van der Waals surface area contributed by atoms with Crippen LogP contribution in [0.5, 0.6) is 0 Å². The van der Waals surface area contributed by atoms with Gasteiger partial charge in [-0.2, -0.15) is 0 Å². The quantitative estimate of drug-likeness (QED) is 0.147. The normalized spacial score (nSPS) is 11.6. The summed E-state index contributed by atoms with van der Waals surface area (Å²) in [5.74, 6) is 1.93. The van der Waals surface area contributed by atoms with E-state index in [2.05, 4.69) is 169 Å². The molecule has 8 aromatic carbocycles. The van der Waals surface area contributed by atoms with Crippen LogP contribution >= 0.6 is 0 Å². The van der Waals surface area contributed by atoms with Crippen LogP contribution in [0.3, 0.4) is 0 Å². The third-order valence-corrected chi connectivity index (χ3v) is 11.7. The largest absolute Gasteiger partial charge is 0.455 e. The van der Waals surface area contributed by atoms with E-state index in [4.69, 9.17) is 19.4 Å². The molecule has 0 radical (unpaired) electrons.